The van der Waals surface area contributed by atoms with Crippen molar-refractivity contribution in [2.45, 2.75) is 25.4 Å². The Labute approximate surface area is 123 Å². The Hall–Kier alpha value is -1.64. The lowest BCUT2D eigenvalue weighted by Crippen LogP contribution is -1.98. The summed E-state index contributed by atoms with van der Waals surface area (Å²) in [4.78, 5) is 1.40. The van der Waals surface area contributed by atoms with Crippen LogP contribution in [0.25, 0.3) is 10.8 Å². The van der Waals surface area contributed by atoms with E-state index >= 15 is 0 Å². The fourth-order valence-corrected chi connectivity index (χ4v) is 3.26. The highest BCUT2D eigenvalue weighted by Gasteiger charge is 2.08. The number of fused-ring (bicyclic) bond motifs is 1. The Bertz CT molecular complexity index is 673. The normalized spacial score (nSPS) is 12.7. The molecule has 0 spiro atoms. The number of thiophene rings is 1. The summed E-state index contributed by atoms with van der Waals surface area (Å²) in [5, 5.41) is 14.8. The first-order valence-corrected chi connectivity index (χ1v) is 7.90. The Morgan fingerprint density at radius 1 is 0.950 bits per heavy atom. The lowest BCUT2D eigenvalue weighted by Gasteiger charge is -2.11. The highest BCUT2D eigenvalue weighted by atomic mass is 32.1. The molecule has 0 aliphatic heterocycles. The molecule has 2 aromatic carbocycles. The first-order chi connectivity index (χ1) is 9.83. The summed E-state index contributed by atoms with van der Waals surface area (Å²) in [6, 6.07) is 18.7. The van der Waals surface area contributed by atoms with Gasteiger partial charge in [-0.05, 0) is 53.1 Å². The van der Waals surface area contributed by atoms with Crippen LogP contribution in [0.1, 0.15) is 29.4 Å². The first-order valence-electron chi connectivity index (χ1n) is 7.02. The minimum atomic E-state index is -0.362. The zero-order valence-corrected chi connectivity index (χ0v) is 12.1. The van der Waals surface area contributed by atoms with Crippen molar-refractivity contribution < 1.29 is 5.11 Å². The highest BCUT2D eigenvalue weighted by molar-refractivity contribution is 7.09. The number of rotatable bonds is 5. The third-order valence-electron chi connectivity index (χ3n) is 3.64. The van der Waals surface area contributed by atoms with Gasteiger partial charge in [0.05, 0.1) is 6.10 Å². The topological polar surface area (TPSA) is 20.2 Å². The van der Waals surface area contributed by atoms with Crippen LogP contribution in [0.4, 0.5) is 0 Å². The number of hydrogen-bond donors (Lipinski definition) is 1. The molecule has 1 aromatic heterocycles. The smallest absolute Gasteiger partial charge is 0.0790 e. The van der Waals surface area contributed by atoms with Crippen molar-refractivity contribution >= 4 is 22.1 Å². The maximum Gasteiger partial charge on any atom is 0.0790 e. The Kier molecular flexibility index (Phi) is 4.14. The van der Waals surface area contributed by atoms with Crippen molar-refractivity contribution in [2.75, 3.05) is 0 Å². The van der Waals surface area contributed by atoms with Crippen LogP contribution in [0.5, 0.6) is 0 Å². The second-order valence-corrected chi connectivity index (χ2v) is 6.13. The molecule has 0 bridgehead atoms. The second-order valence-electron chi connectivity index (χ2n) is 5.09. The van der Waals surface area contributed by atoms with Crippen LogP contribution >= 0.6 is 11.3 Å². The van der Waals surface area contributed by atoms with E-state index < -0.39 is 0 Å². The van der Waals surface area contributed by atoms with Crippen LogP contribution in [0, 0.1) is 0 Å². The van der Waals surface area contributed by atoms with Crippen LogP contribution in [0.2, 0.25) is 0 Å². The van der Waals surface area contributed by atoms with E-state index in [9.17, 15) is 5.11 Å². The molecule has 0 radical (unpaired) electrons. The largest absolute Gasteiger partial charge is 0.388 e. The van der Waals surface area contributed by atoms with Gasteiger partial charge in [0.15, 0.2) is 0 Å². The molecular weight excluding hydrogens is 264 g/mol. The van der Waals surface area contributed by atoms with E-state index in [1.165, 1.54) is 15.6 Å². The number of benzene rings is 2. The highest BCUT2D eigenvalue weighted by Crippen LogP contribution is 2.24. The van der Waals surface area contributed by atoms with Gasteiger partial charge < -0.3 is 5.11 Å². The average molecular weight is 282 g/mol. The lowest BCUT2D eigenvalue weighted by molar-refractivity contribution is 0.165. The molecule has 0 saturated heterocycles. The fraction of sp³-hybridized carbons (Fsp3) is 0.222. The molecule has 1 N–H and O–H groups in total. The molecule has 1 nitrogen and oxygen atoms in total. The van der Waals surface area contributed by atoms with Crippen LogP contribution in [0.3, 0.4) is 0 Å². The molecule has 1 atom stereocenters. The molecule has 0 saturated carbocycles. The zero-order valence-electron chi connectivity index (χ0n) is 11.3. The molecule has 20 heavy (non-hydrogen) atoms. The fourth-order valence-electron chi connectivity index (χ4n) is 2.51. The molecule has 2 heteroatoms. The van der Waals surface area contributed by atoms with Crippen LogP contribution in [-0.2, 0) is 6.42 Å². The van der Waals surface area contributed by atoms with Crippen molar-refractivity contribution in [1.82, 2.24) is 0 Å². The predicted molar refractivity (Wildman–Crippen MR) is 86.2 cm³/mol. The maximum atomic E-state index is 10.3. The van der Waals surface area contributed by atoms with Gasteiger partial charge in [-0.3, -0.25) is 0 Å². The van der Waals surface area contributed by atoms with E-state index in [1.807, 2.05) is 18.2 Å². The molecule has 0 aliphatic carbocycles. The third-order valence-corrected chi connectivity index (χ3v) is 4.58. The van der Waals surface area contributed by atoms with Crippen molar-refractivity contribution in [3.8, 4) is 0 Å². The van der Waals surface area contributed by atoms with Crippen molar-refractivity contribution in [1.29, 1.82) is 0 Å². The molecule has 1 unspecified atom stereocenters. The molecular formula is C18H18OS. The van der Waals surface area contributed by atoms with Gasteiger partial charge in [0.2, 0.25) is 0 Å². The van der Waals surface area contributed by atoms with E-state index in [1.54, 1.807) is 11.3 Å². The monoisotopic (exact) mass is 282 g/mol. The van der Waals surface area contributed by atoms with Crippen molar-refractivity contribution in [3.63, 3.8) is 0 Å². The van der Waals surface area contributed by atoms with Gasteiger partial charge in [0.25, 0.3) is 0 Å². The van der Waals surface area contributed by atoms with Crippen molar-refractivity contribution in [3.05, 3.63) is 70.4 Å². The van der Waals surface area contributed by atoms with E-state index in [4.69, 9.17) is 0 Å². The molecule has 0 aliphatic rings. The SMILES string of the molecule is OC(CCCc1cccs1)c1ccc2ccccc2c1. The van der Waals surface area contributed by atoms with Crippen LogP contribution < -0.4 is 0 Å². The molecule has 102 valence electrons. The maximum absolute atomic E-state index is 10.3. The first kappa shape index (κ1) is 13.3. The number of hydrogen-bond acceptors (Lipinski definition) is 2. The van der Waals surface area contributed by atoms with Crippen LogP contribution in [0.15, 0.2) is 60.0 Å². The number of aliphatic hydroxyl groups is 1. The van der Waals surface area contributed by atoms with Gasteiger partial charge in [-0.15, -0.1) is 11.3 Å². The van der Waals surface area contributed by atoms with E-state index in [2.05, 4.69) is 41.8 Å². The molecule has 1 heterocycles. The Balaban J connectivity index is 1.64. The molecule has 3 aromatic rings. The standard InChI is InChI=1S/C18H18OS/c19-18(9-3-7-17-8-4-12-20-17)16-11-10-14-5-1-2-6-15(14)13-16/h1-2,4-6,8,10-13,18-19H,3,7,9H2. The van der Waals surface area contributed by atoms with Gasteiger partial charge >= 0.3 is 0 Å². The van der Waals surface area contributed by atoms with Gasteiger partial charge in [-0.1, -0.05) is 42.5 Å². The third kappa shape index (κ3) is 3.09. The summed E-state index contributed by atoms with van der Waals surface area (Å²) in [5.74, 6) is 0. The minimum Gasteiger partial charge on any atom is -0.388 e. The number of aliphatic hydroxyl groups excluding tert-OH is 1. The molecule has 0 fully saturated rings. The van der Waals surface area contributed by atoms with Crippen LogP contribution in [-0.4, -0.2) is 5.11 Å². The van der Waals surface area contributed by atoms with E-state index in [-0.39, 0.29) is 6.10 Å². The van der Waals surface area contributed by atoms with Gasteiger partial charge in [-0.25, -0.2) is 0 Å². The summed E-state index contributed by atoms with van der Waals surface area (Å²) < 4.78 is 0. The Morgan fingerprint density at radius 3 is 2.60 bits per heavy atom. The summed E-state index contributed by atoms with van der Waals surface area (Å²) in [7, 11) is 0. The second kappa shape index (κ2) is 6.21. The molecule has 0 amide bonds. The lowest BCUT2D eigenvalue weighted by atomic mass is 10.00. The summed E-state index contributed by atoms with van der Waals surface area (Å²) in [6.45, 7) is 0. The minimum absolute atomic E-state index is 0.362. The predicted octanol–water partition coefficient (Wildman–Crippen LogP) is 4.96. The van der Waals surface area contributed by atoms with Gasteiger partial charge in [0.1, 0.15) is 0 Å². The van der Waals surface area contributed by atoms with Crippen molar-refractivity contribution in [2.24, 2.45) is 0 Å². The average Bonchev–Trinajstić information content (AvgIpc) is 3.00. The van der Waals surface area contributed by atoms with E-state index in [0.29, 0.717) is 0 Å². The quantitative estimate of drug-likeness (QED) is 0.701. The summed E-state index contributed by atoms with van der Waals surface area (Å²) >= 11 is 1.79. The Morgan fingerprint density at radius 2 is 1.80 bits per heavy atom. The van der Waals surface area contributed by atoms with Gasteiger partial charge in [0, 0.05) is 4.88 Å². The molecule has 3 rings (SSSR count). The van der Waals surface area contributed by atoms with Gasteiger partial charge in [-0.2, -0.15) is 0 Å². The number of aryl methyl sites for hydroxylation is 1. The zero-order chi connectivity index (χ0) is 13.8. The van der Waals surface area contributed by atoms with E-state index in [0.717, 1.165) is 24.8 Å². The summed E-state index contributed by atoms with van der Waals surface area (Å²) in [5.41, 5.74) is 1.02. The summed E-state index contributed by atoms with van der Waals surface area (Å²) in [6.07, 6.45) is 2.53.